The van der Waals surface area contributed by atoms with Crippen LogP contribution in [0.1, 0.15) is 5.69 Å². The average Bonchev–Trinajstić information content (AvgIpc) is 2.50. The topological polar surface area (TPSA) is 87.5 Å². The van der Waals surface area contributed by atoms with E-state index in [1.165, 1.54) is 10.6 Å². The van der Waals surface area contributed by atoms with E-state index < -0.39 is 11.9 Å². The molecule has 110 valence electrons. The lowest BCUT2D eigenvalue weighted by atomic mass is 10.3. The second-order valence-electron chi connectivity index (χ2n) is 3.84. The summed E-state index contributed by atoms with van der Waals surface area (Å²) in [6.07, 6.45) is 2.88. The number of thioether (sulfide) groups is 1. The minimum absolute atomic E-state index is 1.03. The Labute approximate surface area is 126 Å². The third kappa shape index (κ3) is 7.74. The summed E-state index contributed by atoms with van der Waals surface area (Å²) < 4.78 is 0. The van der Waals surface area contributed by atoms with E-state index in [1.807, 2.05) is 36.2 Å². The lowest BCUT2D eigenvalue weighted by molar-refractivity contribution is -0.159. The third-order valence-electron chi connectivity index (χ3n) is 2.28. The summed E-state index contributed by atoms with van der Waals surface area (Å²) in [6.45, 7) is 0. The summed E-state index contributed by atoms with van der Waals surface area (Å²) in [6, 6.07) is 16.5. The van der Waals surface area contributed by atoms with Crippen molar-refractivity contribution < 1.29 is 19.8 Å². The first kappa shape index (κ1) is 16.7. The fourth-order valence-electron chi connectivity index (χ4n) is 1.34. The van der Waals surface area contributed by atoms with Crippen molar-refractivity contribution in [1.82, 2.24) is 4.98 Å². The number of carboxylic acids is 2. The first-order valence-electron chi connectivity index (χ1n) is 6.13. The van der Waals surface area contributed by atoms with Crippen molar-refractivity contribution in [3.63, 3.8) is 0 Å². The van der Waals surface area contributed by atoms with Gasteiger partial charge in [-0.3, -0.25) is 4.98 Å². The maximum Gasteiger partial charge on any atom is 0.414 e. The van der Waals surface area contributed by atoms with Gasteiger partial charge in [0.05, 0.1) is 0 Å². The minimum atomic E-state index is -1.82. The fraction of sp³-hybridized carbons (Fsp3) is 0.133. The Balaban J connectivity index is 0.000000315. The number of carbonyl (C=O) groups is 2. The number of nitrogens with zero attached hydrogens (tertiary/aromatic N) is 1. The number of hydrogen-bond acceptors (Lipinski definition) is 4. The molecule has 2 rings (SSSR count). The molecule has 0 aliphatic heterocycles. The molecule has 0 amide bonds. The summed E-state index contributed by atoms with van der Waals surface area (Å²) in [5.41, 5.74) is 1.17. The van der Waals surface area contributed by atoms with Gasteiger partial charge in [-0.25, -0.2) is 9.59 Å². The van der Waals surface area contributed by atoms with Gasteiger partial charge in [0.25, 0.3) is 0 Å². The number of rotatable bonds is 4. The van der Waals surface area contributed by atoms with Crippen LogP contribution < -0.4 is 0 Å². The van der Waals surface area contributed by atoms with E-state index in [1.54, 1.807) is 0 Å². The number of pyridine rings is 1. The van der Waals surface area contributed by atoms with E-state index >= 15 is 0 Å². The molecular weight excluding hydrogens is 290 g/mol. The normalized spacial score (nSPS) is 9.33. The summed E-state index contributed by atoms with van der Waals surface area (Å²) in [7, 11) is 0. The van der Waals surface area contributed by atoms with Crippen molar-refractivity contribution in [3.05, 3.63) is 60.4 Å². The first-order valence-corrected chi connectivity index (χ1v) is 7.12. The van der Waals surface area contributed by atoms with Gasteiger partial charge in [0, 0.05) is 22.5 Å². The smallest absolute Gasteiger partial charge is 0.414 e. The van der Waals surface area contributed by atoms with Crippen molar-refractivity contribution in [2.24, 2.45) is 0 Å². The molecule has 1 aromatic heterocycles. The third-order valence-corrected chi connectivity index (χ3v) is 3.29. The standard InChI is InChI=1S/C13H13NS.C2H2O4/c1-2-7-13(8-3-1)15-11-9-12-6-4-5-10-14-12;3-1(4)2(5)6/h1-8,10H,9,11H2;(H,3,4)(H,5,6). The second-order valence-corrected chi connectivity index (χ2v) is 5.01. The van der Waals surface area contributed by atoms with Crippen LogP contribution in [0.5, 0.6) is 0 Å². The van der Waals surface area contributed by atoms with Gasteiger partial charge in [-0.15, -0.1) is 11.8 Å². The Morgan fingerprint density at radius 2 is 1.57 bits per heavy atom. The van der Waals surface area contributed by atoms with Crippen LogP contribution in [0.2, 0.25) is 0 Å². The Morgan fingerprint density at radius 1 is 0.952 bits per heavy atom. The molecule has 0 aliphatic carbocycles. The van der Waals surface area contributed by atoms with Gasteiger partial charge < -0.3 is 10.2 Å². The SMILES string of the molecule is O=C(O)C(=O)O.c1ccc(SCCc2ccccn2)cc1. The van der Waals surface area contributed by atoms with E-state index in [0.29, 0.717) is 0 Å². The van der Waals surface area contributed by atoms with Crippen molar-refractivity contribution in [2.75, 3.05) is 5.75 Å². The molecule has 0 spiro atoms. The predicted molar refractivity (Wildman–Crippen MR) is 80.4 cm³/mol. The molecule has 0 fully saturated rings. The maximum atomic E-state index is 9.10. The van der Waals surface area contributed by atoms with Crippen LogP contribution in [-0.2, 0) is 16.0 Å². The van der Waals surface area contributed by atoms with Crippen molar-refractivity contribution in [2.45, 2.75) is 11.3 Å². The zero-order chi connectivity index (χ0) is 15.5. The molecule has 1 heterocycles. The van der Waals surface area contributed by atoms with Crippen molar-refractivity contribution in [1.29, 1.82) is 0 Å². The van der Waals surface area contributed by atoms with Gasteiger partial charge >= 0.3 is 11.9 Å². The molecule has 0 saturated carbocycles. The predicted octanol–water partition coefficient (Wildman–Crippen LogP) is 2.57. The van der Waals surface area contributed by atoms with Crippen LogP contribution >= 0.6 is 11.8 Å². The van der Waals surface area contributed by atoms with Gasteiger partial charge in [-0.1, -0.05) is 24.3 Å². The van der Waals surface area contributed by atoms with E-state index in [2.05, 4.69) is 35.3 Å². The van der Waals surface area contributed by atoms with Gasteiger partial charge in [0.2, 0.25) is 0 Å². The molecular formula is C15H15NO4S. The molecule has 2 aromatic rings. The Morgan fingerprint density at radius 3 is 2.10 bits per heavy atom. The molecule has 2 N–H and O–H groups in total. The summed E-state index contributed by atoms with van der Waals surface area (Å²) in [5.74, 6) is -2.56. The quantitative estimate of drug-likeness (QED) is 0.667. The molecule has 1 aromatic carbocycles. The molecule has 0 aliphatic rings. The van der Waals surface area contributed by atoms with Crippen molar-refractivity contribution in [3.8, 4) is 0 Å². The molecule has 0 radical (unpaired) electrons. The molecule has 6 heteroatoms. The average molecular weight is 305 g/mol. The van der Waals surface area contributed by atoms with Gasteiger partial charge in [-0.2, -0.15) is 0 Å². The Kier molecular flexibility index (Phi) is 7.60. The Bertz CT molecular complexity index is 509. The summed E-state index contributed by atoms with van der Waals surface area (Å²) in [4.78, 5) is 23.8. The van der Waals surface area contributed by atoms with Crippen LogP contribution in [0.3, 0.4) is 0 Å². The lowest BCUT2D eigenvalue weighted by Gasteiger charge is -2.00. The van der Waals surface area contributed by atoms with Crippen LogP contribution in [-0.4, -0.2) is 32.9 Å². The first-order chi connectivity index (χ1) is 10.1. The molecule has 0 atom stereocenters. The van der Waals surface area contributed by atoms with E-state index in [0.717, 1.165) is 12.2 Å². The molecule has 0 bridgehead atoms. The highest BCUT2D eigenvalue weighted by atomic mass is 32.2. The van der Waals surface area contributed by atoms with Gasteiger partial charge in [-0.05, 0) is 30.7 Å². The number of aromatic nitrogens is 1. The zero-order valence-electron chi connectivity index (χ0n) is 11.2. The van der Waals surface area contributed by atoms with Gasteiger partial charge in [0.15, 0.2) is 0 Å². The molecule has 5 nitrogen and oxygen atoms in total. The second kappa shape index (κ2) is 9.55. The number of aryl methyl sites for hydroxylation is 1. The number of benzene rings is 1. The lowest BCUT2D eigenvalue weighted by Crippen LogP contribution is -2.09. The van der Waals surface area contributed by atoms with Crippen LogP contribution in [0.4, 0.5) is 0 Å². The molecule has 21 heavy (non-hydrogen) atoms. The van der Waals surface area contributed by atoms with Gasteiger partial charge in [0.1, 0.15) is 0 Å². The highest BCUT2D eigenvalue weighted by Gasteiger charge is 2.04. The molecule has 0 unspecified atom stereocenters. The highest BCUT2D eigenvalue weighted by Crippen LogP contribution is 2.17. The van der Waals surface area contributed by atoms with Crippen molar-refractivity contribution >= 4 is 23.7 Å². The molecule has 0 saturated heterocycles. The fourth-order valence-corrected chi connectivity index (χ4v) is 2.23. The monoisotopic (exact) mass is 305 g/mol. The van der Waals surface area contributed by atoms with Crippen LogP contribution in [0.25, 0.3) is 0 Å². The summed E-state index contributed by atoms with van der Waals surface area (Å²) in [5, 5.41) is 14.8. The van der Waals surface area contributed by atoms with E-state index in [4.69, 9.17) is 19.8 Å². The Hall–Kier alpha value is -2.34. The maximum absolute atomic E-state index is 9.10. The van der Waals surface area contributed by atoms with Crippen LogP contribution in [0, 0.1) is 0 Å². The van der Waals surface area contributed by atoms with Crippen LogP contribution in [0.15, 0.2) is 59.6 Å². The summed E-state index contributed by atoms with van der Waals surface area (Å²) >= 11 is 1.88. The van der Waals surface area contributed by atoms with E-state index in [-0.39, 0.29) is 0 Å². The minimum Gasteiger partial charge on any atom is -0.473 e. The van der Waals surface area contributed by atoms with E-state index in [9.17, 15) is 0 Å². The number of aliphatic carboxylic acids is 2. The number of hydrogen-bond donors (Lipinski definition) is 2. The number of carboxylic acid groups (broad SMARTS) is 2. The zero-order valence-corrected chi connectivity index (χ0v) is 12.0. The largest absolute Gasteiger partial charge is 0.473 e. The highest BCUT2D eigenvalue weighted by molar-refractivity contribution is 7.99.